The SMILES string of the molecule is COc1ccc2c(C(=O)Nc3sc4c(c3C(N)=O)CCCC4)cc(=O)oc2c1. The first-order chi connectivity index (χ1) is 13.5. The zero-order valence-corrected chi connectivity index (χ0v) is 16.0. The van der Waals surface area contributed by atoms with Crippen LogP contribution in [0.3, 0.4) is 0 Å². The van der Waals surface area contributed by atoms with E-state index in [1.807, 2.05) is 0 Å². The molecule has 8 heteroatoms. The van der Waals surface area contributed by atoms with Crippen molar-refractivity contribution in [3.05, 3.63) is 56.3 Å². The quantitative estimate of drug-likeness (QED) is 0.656. The lowest BCUT2D eigenvalue weighted by molar-refractivity contribution is 0.100. The van der Waals surface area contributed by atoms with Gasteiger partial charge in [0.1, 0.15) is 16.3 Å². The molecule has 1 aromatic carbocycles. The van der Waals surface area contributed by atoms with Gasteiger partial charge in [0.25, 0.3) is 11.8 Å². The number of nitrogens with one attached hydrogen (secondary N) is 1. The molecule has 0 atom stereocenters. The summed E-state index contributed by atoms with van der Waals surface area (Å²) in [7, 11) is 1.50. The molecule has 3 aromatic rings. The average Bonchev–Trinajstić information content (AvgIpc) is 3.04. The molecule has 2 amide bonds. The van der Waals surface area contributed by atoms with Crippen molar-refractivity contribution in [2.24, 2.45) is 5.73 Å². The highest BCUT2D eigenvalue weighted by molar-refractivity contribution is 7.17. The smallest absolute Gasteiger partial charge is 0.337 e. The van der Waals surface area contributed by atoms with Crippen LogP contribution in [-0.2, 0) is 12.8 Å². The summed E-state index contributed by atoms with van der Waals surface area (Å²) >= 11 is 1.37. The number of primary amides is 1. The van der Waals surface area contributed by atoms with E-state index in [-0.39, 0.29) is 11.1 Å². The van der Waals surface area contributed by atoms with E-state index in [0.29, 0.717) is 21.7 Å². The second-order valence-electron chi connectivity index (χ2n) is 6.57. The Labute approximate surface area is 164 Å². The maximum Gasteiger partial charge on any atom is 0.337 e. The van der Waals surface area contributed by atoms with Gasteiger partial charge in [0.05, 0.1) is 18.2 Å². The average molecular weight is 398 g/mol. The molecule has 28 heavy (non-hydrogen) atoms. The number of fused-ring (bicyclic) bond motifs is 2. The van der Waals surface area contributed by atoms with Crippen molar-refractivity contribution in [1.82, 2.24) is 0 Å². The fourth-order valence-electron chi connectivity index (χ4n) is 3.54. The van der Waals surface area contributed by atoms with Crippen molar-refractivity contribution in [2.75, 3.05) is 12.4 Å². The minimum atomic E-state index is -0.647. The van der Waals surface area contributed by atoms with Gasteiger partial charge in [-0.3, -0.25) is 9.59 Å². The molecule has 7 nitrogen and oxygen atoms in total. The van der Waals surface area contributed by atoms with Crippen molar-refractivity contribution in [3.63, 3.8) is 0 Å². The van der Waals surface area contributed by atoms with Gasteiger partial charge in [-0.15, -0.1) is 11.3 Å². The van der Waals surface area contributed by atoms with E-state index < -0.39 is 17.4 Å². The molecular formula is C20H18N2O5S. The highest BCUT2D eigenvalue weighted by Crippen LogP contribution is 2.38. The molecule has 0 spiro atoms. The number of hydrogen-bond donors (Lipinski definition) is 2. The largest absolute Gasteiger partial charge is 0.497 e. The Morgan fingerprint density at radius 1 is 1.21 bits per heavy atom. The van der Waals surface area contributed by atoms with E-state index in [1.165, 1.54) is 18.4 Å². The third kappa shape index (κ3) is 3.16. The fourth-order valence-corrected chi connectivity index (χ4v) is 4.83. The molecule has 4 rings (SSSR count). The van der Waals surface area contributed by atoms with Crippen molar-refractivity contribution in [1.29, 1.82) is 0 Å². The third-order valence-corrected chi connectivity index (χ3v) is 6.05. The minimum Gasteiger partial charge on any atom is -0.497 e. The standard InChI is InChI=1S/C20H18N2O5S/c1-26-10-6-7-11-13(9-16(23)27-14(11)8-10)19(25)22-20-17(18(21)24)12-4-2-3-5-15(12)28-20/h6-9H,2-5H2,1H3,(H2,21,24)(H,22,25). The maximum atomic E-state index is 13.0. The lowest BCUT2D eigenvalue weighted by Crippen LogP contribution is -2.19. The monoisotopic (exact) mass is 398 g/mol. The van der Waals surface area contributed by atoms with E-state index in [9.17, 15) is 14.4 Å². The number of carbonyl (C=O) groups is 2. The summed E-state index contributed by atoms with van der Waals surface area (Å²) in [5, 5.41) is 3.68. The van der Waals surface area contributed by atoms with Crippen LogP contribution >= 0.6 is 11.3 Å². The van der Waals surface area contributed by atoms with Crippen molar-refractivity contribution in [3.8, 4) is 5.75 Å². The lowest BCUT2D eigenvalue weighted by atomic mass is 9.95. The Kier molecular flexibility index (Phi) is 4.64. The van der Waals surface area contributed by atoms with Crippen molar-refractivity contribution in [2.45, 2.75) is 25.7 Å². The number of hydrogen-bond acceptors (Lipinski definition) is 6. The molecule has 2 aromatic heterocycles. The van der Waals surface area contributed by atoms with Gasteiger partial charge in [-0.1, -0.05) is 0 Å². The summed E-state index contributed by atoms with van der Waals surface area (Å²) in [5.41, 5.74) is 6.65. The molecule has 0 radical (unpaired) electrons. The summed E-state index contributed by atoms with van der Waals surface area (Å²) in [6.07, 6.45) is 3.68. The predicted molar refractivity (Wildman–Crippen MR) is 106 cm³/mol. The Hall–Kier alpha value is -3.13. The van der Waals surface area contributed by atoms with Crippen molar-refractivity contribution >= 4 is 39.1 Å². The van der Waals surface area contributed by atoms with Crippen LogP contribution in [0.5, 0.6) is 5.75 Å². The van der Waals surface area contributed by atoms with Crippen LogP contribution in [0.4, 0.5) is 5.00 Å². The van der Waals surface area contributed by atoms with Crippen molar-refractivity contribution < 1.29 is 18.7 Å². The number of aryl methyl sites for hydroxylation is 1. The predicted octanol–water partition coefficient (Wildman–Crippen LogP) is 3.09. The van der Waals surface area contributed by atoms with Gasteiger partial charge in [0.2, 0.25) is 0 Å². The molecular weight excluding hydrogens is 380 g/mol. The number of nitrogens with two attached hydrogens (primary N) is 1. The molecule has 0 saturated heterocycles. The normalized spacial score (nSPS) is 13.2. The van der Waals surface area contributed by atoms with Crippen LogP contribution in [-0.4, -0.2) is 18.9 Å². The van der Waals surface area contributed by atoms with E-state index >= 15 is 0 Å². The van der Waals surface area contributed by atoms with Gasteiger partial charge in [-0.2, -0.15) is 0 Å². The van der Waals surface area contributed by atoms with Crippen LogP contribution in [0.25, 0.3) is 11.0 Å². The van der Waals surface area contributed by atoms with Gasteiger partial charge >= 0.3 is 5.63 Å². The lowest BCUT2D eigenvalue weighted by Gasteiger charge is -2.11. The second-order valence-corrected chi connectivity index (χ2v) is 7.68. The molecule has 3 N–H and O–H groups in total. The summed E-state index contributed by atoms with van der Waals surface area (Å²) in [4.78, 5) is 38.0. The number of carbonyl (C=O) groups excluding carboxylic acids is 2. The van der Waals surface area contributed by atoms with Gasteiger partial charge in [-0.25, -0.2) is 4.79 Å². The molecule has 0 fully saturated rings. The summed E-state index contributed by atoms with van der Waals surface area (Å²) < 4.78 is 10.3. The molecule has 0 unspecified atom stereocenters. The van der Waals surface area contributed by atoms with E-state index in [0.717, 1.165) is 42.2 Å². The minimum absolute atomic E-state index is 0.163. The Morgan fingerprint density at radius 2 is 2.00 bits per heavy atom. The molecule has 1 aliphatic carbocycles. The highest BCUT2D eigenvalue weighted by atomic mass is 32.1. The highest BCUT2D eigenvalue weighted by Gasteiger charge is 2.25. The molecule has 0 aliphatic heterocycles. The number of rotatable bonds is 4. The number of thiophene rings is 1. The summed E-state index contributed by atoms with van der Waals surface area (Å²) in [5.74, 6) is -0.545. The number of methoxy groups -OCH3 is 1. The molecule has 0 bridgehead atoms. The van der Waals surface area contributed by atoms with Crippen LogP contribution < -0.4 is 21.4 Å². The zero-order valence-electron chi connectivity index (χ0n) is 15.2. The van der Waals surface area contributed by atoms with E-state index in [4.69, 9.17) is 14.9 Å². The molecule has 1 aliphatic rings. The fraction of sp³-hybridized carbons (Fsp3) is 0.250. The molecule has 2 heterocycles. The zero-order chi connectivity index (χ0) is 19.8. The summed E-state index contributed by atoms with van der Waals surface area (Å²) in [6.45, 7) is 0. The first-order valence-corrected chi connectivity index (χ1v) is 9.67. The van der Waals surface area contributed by atoms with Crippen LogP contribution in [0.15, 0.2) is 33.5 Å². The Bertz CT molecular complexity index is 1160. The number of ether oxygens (including phenoxy) is 1. The van der Waals surface area contributed by atoms with Gasteiger partial charge in [0.15, 0.2) is 0 Å². The Balaban J connectivity index is 1.77. The van der Waals surface area contributed by atoms with Crippen LogP contribution in [0.2, 0.25) is 0 Å². The number of anilines is 1. The number of amides is 2. The Morgan fingerprint density at radius 3 is 2.75 bits per heavy atom. The van der Waals surface area contributed by atoms with Gasteiger partial charge in [0, 0.05) is 22.4 Å². The second kappa shape index (κ2) is 7.12. The van der Waals surface area contributed by atoms with Crippen LogP contribution in [0.1, 0.15) is 44.0 Å². The first-order valence-electron chi connectivity index (χ1n) is 8.85. The van der Waals surface area contributed by atoms with Crippen LogP contribution in [0, 0.1) is 0 Å². The molecule has 0 saturated carbocycles. The van der Waals surface area contributed by atoms with E-state index in [1.54, 1.807) is 18.2 Å². The first kappa shape index (κ1) is 18.2. The van der Waals surface area contributed by atoms with Gasteiger partial charge in [-0.05, 0) is 43.4 Å². The molecule has 144 valence electrons. The topological polar surface area (TPSA) is 112 Å². The summed E-state index contributed by atoms with van der Waals surface area (Å²) in [6, 6.07) is 6.02. The number of benzene rings is 1. The van der Waals surface area contributed by atoms with Gasteiger partial charge < -0.3 is 20.2 Å². The van der Waals surface area contributed by atoms with E-state index in [2.05, 4.69) is 5.32 Å². The maximum absolute atomic E-state index is 13.0. The third-order valence-electron chi connectivity index (χ3n) is 4.84.